The number of imide groups is 1. The second-order valence-corrected chi connectivity index (χ2v) is 7.66. The molecule has 0 atom stereocenters. The molecular formula is C19H15BrN2O5S. The number of phenolic OH excluding ortho intramolecular Hbond substituents is 1. The van der Waals surface area contributed by atoms with Crippen molar-refractivity contribution in [1.82, 2.24) is 4.90 Å². The summed E-state index contributed by atoms with van der Waals surface area (Å²) in [6.07, 6.45) is 1.48. The third kappa shape index (κ3) is 4.55. The van der Waals surface area contributed by atoms with Crippen molar-refractivity contribution < 1.29 is 24.2 Å². The van der Waals surface area contributed by atoms with Gasteiger partial charge in [-0.1, -0.05) is 22.0 Å². The van der Waals surface area contributed by atoms with Gasteiger partial charge in [-0.25, -0.2) is 0 Å². The molecule has 3 rings (SSSR count). The molecule has 1 saturated heterocycles. The molecule has 0 unspecified atom stereocenters. The number of carbonyl (C=O) groups excluding carboxylic acids is 3. The molecule has 2 aromatic rings. The monoisotopic (exact) mass is 462 g/mol. The minimum Gasteiger partial charge on any atom is -0.504 e. The first kappa shape index (κ1) is 20.0. The molecule has 144 valence electrons. The van der Waals surface area contributed by atoms with Crippen LogP contribution in [0, 0.1) is 0 Å². The van der Waals surface area contributed by atoms with E-state index in [0.717, 1.165) is 21.1 Å². The molecule has 1 aliphatic rings. The number of hydrogen-bond acceptors (Lipinski definition) is 6. The number of methoxy groups -OCH3 is 1. The van der Waals surface area contributed by atoms with Gasteiger partial charge in [0.2, 0.25) is 5.91 Å². The first-order valence-corrected chi connectivity index (χ1v) is 9.66. The first-order chi connectivity index (χ1) is 13.4. The van der Waals surface area contributed by atoms with E-state index in [4.69, 9.17) is 4.74 Å². The lowest BCUT2D eigenvalue weighted by atomic mass is 10.2. The summed E-state index contributed by atoms with van der Waals surface area (Å²) in [6, 6.07) is 11.6. The highest BCUT2D eigenvalue weighted by Gasteiger charge is 2.36. The number of anilines is 1. The van der Waals surface area contributed by atoms with Crippen molar-refractivity contribution in [2.24, 2.45) is 0 Å². The van der Waals surface area contributed by atoms with Gasteiger partial charge >= 0.3 is 0 Å². The average molecular weight is 463 g/mol. The van der Waals surface area contributed by atoms with Gasteiger partial charge in [-0.05, 0) is 59.8 Å². The molecule has 3 amide bonds. The lowest BCUT2D eigenvalue weighted by Gasteiger charge is -2.12. The number of carbonyl (C=O) groups is 3. The number of thioether (sulfide) groups is 1. The third-order valence-electron chi connectivity index (χ3n) is 3.80. The molecule has 0 bridgehead atoms. The Hall–Kier alpha value is -2.78. The molecule has 0 aliphatic carbocycles. The summed E-state index contributed by atoms with van der Waals surface area (Å²) in [5.41, 5.74) is 1.09. The number of nitrogens with one attached hydrogen (secondary N) is 1. The van der Waals surface area contributed by atoms with Gasteiger partial charge in [0.1, 0.15) is 6.54 Å². The zero-order chi connectivity index (χ0) is 20.3. The number of halogens is 1. The normalized spacial score (nSPS) is 15.2. The Morgan fingerprint density at radius 3 is 2.61 bits per heavy atom. The summed E-state index contributed by atoms with van der Waals surface area (Å²) in [4.78, 5) is 37.9. The summed E-state index contributed by atoms with van der Waals surface area (Å²) in [7, 11) is 1.43. The molecule has 0 radical (unpaired) electrons. The van der Waals surface area contributed by atoms with Crippen molar-refractivity contribution in [3.05, 3.63) is 57.4 Å². The van der Waals surface area contributed by atoms with Crippen molar-refractivity contribution >= 4 is 56.5 Å². The first-order valence-electron chi connectivity index (χ1n) is 8.05. The van der Waals surface area contributed by atoms with Crippen LogP contribution in [0.25, 0.3) is 6.08 Å². The second-order valence-electron chi connectivity index (χ2n) is 5.75. The van der Waals surface area contributed by atoms with Crippen LogP contribution in [0.3, 0.4) is 0 Å². The Morgan fingerprint density at radius 1 is 1.25 bits per heavy atom. The van der Waals surface area contributed by atoms with Crippen molar-refractivity contribution in [2.75, 3.05) is 19.0 Å². The number of rotatable bonds is 5. The second kappa shape index (κ2) is 8.49. The minimum atomic E-state index is -0.559. The van der Waals surface area contributed by atoms with Gasteiger partial charge < -0.3 is 15.2 Å². The number of phenols is 1. The highest BCUT2D eigenvalue weighted by atomic mass is 79.9. The van der Waals surface area contributed by atoms with Crippen molar-refractivity contribution in [1.29, 1.82) is 0 Å². The fourth-order valence-electron chi connectivity index (χ4n) is 2.46. The molecule has 1 fully saturated rings. The smallest absolute Gasteiger partial charge is 0.294 e. The molecule has 7 nitrogen and oxygen atoms in total. The maximum absolute atomic E-state index is 12.5. The predicted octanol–water partition coefficient (Wildman–Crippen LogP) is 3.84. The van der Waals surface area contributed by atoms with E-state index in [2.05, 4.69) is 21.2 Å². The molecule has 2 aromatic carbocycles. The van der Waals surface area contributed by atoms with Crippen molar-refractivity contribution in [3.8, 4) is 11.5 Å². The number of hydrogen-bond donors (Lipinski definition) is 2. The summed E-state index contributed by atoms with van der Waals surface area (Å²) in [6.45, 7) is -0.383. The zero-order valence-electron chi connectivity index (χ0n) is 14.6. The van der Waals surface area contributed by atoms with Gasteiger partial charge in [0, 0.05) is 10.2 Å². The summed E-state index contributed by atoms with van der Waals surface area (Å²) in [5, 5.41) is 11.9. The quantitative estimate of drug-likeness (QED) is 0.655. The van der Waals surface area contributed by atoms with Crippen LogP contribution in [-0.2, 0) is 9.59 Å². The van der Waals surface area contributed by atoms with Gasteiger partial charge in [-0.15, -0.1) is 0 Å². The molecular weight excluding hydrogens is 448 g/mol. The van der Waals surface area contributed by atoms with Gasteiger partial charge in [0.15, 0.2) is 11.5 Å². The topological polar surface area (TPSA) is 95.9 Å². The number of nitrogens with zero attached hydrogens (tertiary/aromatic N) is 1. The molecule has 28 heavy (non-hydrogen) atoms. The number of ether oxygens (including phenoxy) is 1. The van der Waals surface area contributed by atoms with E-state index in [-0.39, 0.29) is 17.2 Å². The summed E-state index contributed by atoms with van der Waals surface area (Å²) < 4.78 is 5.84. The van der Waals surface area contributed by atoms with E-state index in [9.17, 15) is 19.5 Å². The van der Waals surface area contributed by atoms with E-state index in [1.165, 1.54) is 19.3 Å². The molecule has 0 aromatic heterocycles. The van der Waals surface area contributed by atoms with Crippen molar-refractivity contribution in [3.63, 3.8) is 0 Å². The predicted molar refractivity (Wildman–Crippen MR) is 110 cm³/mol. The van der Waals surface area contributed by atoms with Crippen LogP contribution in [0.4, 0.5) is 10.5 Å². The summed E-state index contributed by atoms with van der Waals surface area (Å²) in [5.74, 6) is -0.816. The van der Waals surface area contributed by atoms with E-state index < -0.39 is 17.1 Å². The maximum Gasteiger partial charge on any atom is 0.294 e. The number of aromatic hydroxyl groups is 1. The van der Waals surface area contributed by atoms with Crippen LogP contribution >= 0.6 is 27.7 Å². The van der Waals surface area contributed by atoms with Gasteiger partial charge in [0.25, 0.3) is 11.1 Å². The maximum atomic E-state index is 12.5. The van der Waals surface area contributed by atoms with Crippen LogP contribution in [0.5, 0.6) is 11.5 Å². The molecule has 1 heterocycles. The highest BCUT2D eigenvalue weighted by molar-refractivity contribution is 9.10. The zero-order valence-corrected chi connectivity index (χ0v) is 17.0. The van der Waals surface area contributed by atoms with Crippen LogP contribution in [0.1, 0.15) is 5.56 Å². The van der Waals surface area contributed by atoms with E-state index in [1.807, 2.05) is 0 Å². The van der Waals surface area contributed by atoms with E-state index in [0.29, 0.717) is 17.0 Å². The fourth-order valence-corrected chi connectivity index (χ4v) is 3.56. The largest absolute Gasteiger partial charge is 0.504 e. The SMILES string of the molecule is COc1ccc(/C=C2/SC(=O)N(CC(=O)Nc3ccc(Br)cc3)C2=O)cc1O. The van der Waals surface area contributed by atoms with Crippen LogP contribution in [0.15, 0.2) is 51.8 Å². The molecule has 9 heteroatoms. The Balaban J connectivity index is 1.69. The van der Waals surface area contributed by atoms with Crippen LogP contribution in [0.2, 0.25) is 0 Å². The number of benzene rings is 2. The minimum absolute atomic E-state index is 0.0793. The fraction of sp³-hybridized carbons (Fsp3) is 0.105. The van der Waals surface area contributed by atoms with Crippen LogP contribution < -0.4 is 10.1 Å². The molecule has 0 saturated carbocycles. The van der Waals surface area contributed by atoms with Gasteiger partial charge in [-0.2, -0.15) is 0 Å². The number of amides is 3. The lowest BCUT2D eigenvalue weighted by molar-refractivity contribution is -0.127. The van der Waals surface area contributed by atoms with Gasteiger partial charge in [-0.3, -0.25) is 19.3 Å². The van der Waals surface area contributed by atoms with E-state index >= 15 is 0 Å². The standard InChI is InChI=1S/C19H15BrN2O5S/c1-27-15-7-2-11(8-14(15)23)9-16-18(25)22(19(26)28-16)10-17(24)21-13-5-3-12(20)4-6-13/h2-9,23H,10H2,1H3,(H,21,24)/b16-9+. The lowest BCUT2D eigenvalue weighted by Crippen LogP contribution is -2.36. The van der Waals surface area contributed by atoms with Crippen LogP contribution in [-0.4, -0.2) is 40.7 Å². The van der Waals surface area contributed by atoms with Crippen molar-refractivity contribution in [2.45, 2.75) is 0 Å². The summed E-state index contributed by atoms with van der Waals surface area (Å²) >= 11 is 4.04. The average Bonchev–Trinajstić information content (AvgIpc) is 2.91. The van der Waals surface area contributed by atoms with E-state index in [1.54, 1.807) is 36.4 Å². The highest BCUT2D eigenvalue weighted by Crippen LogP contribution is 2.34. The Kier molecular flexibility index (Phi) is 6.05. The Morgan fingerprint density at radius 2 is 1.96 bits per heavy atom. The Labute approximate surface area is 173 Å². The van der Waals surface area contributed by atoms with Gasteiger partial charge in [0.05, 0.1) is 12.0 Å². The third-order valence-corrected chi connectivity index (χ3v) is 5.24. The molecule has 2 N–H and O–H groups in total. The molecule has 1 aliphatic heterocycles. The Bertz CT molecular complexity index is 975. The molecule has 0 spiro atoms.